The van der Waals surface area contributed by atoms with Crippen molar-refractivity contribution in [2.75, 3.05) is 0 Å². The van der Waals surface area contributed by atoms with Gasteiger partial charge in [0, 0.05) is 15.6 Å². The van der Waals surface area contributed by atoms with Gasteiger partial charge < -0.3 is 9.57 Å². The van der Waals surface area contributed by atoms with Crippen molar-refractivity contribution in [2.45, 2.75) is 13.2 Å². The zero-order valence-corrected chi connectivity index (χ0v) is 15.5. The van der Waals surface area contributed by atoms with Crippen LogP contribution in [0.5, 0.6) is 5.75 Å². The predicted molar refractivity (Wildman–Crippen MR) is 106 cm³/mol. The topological polar surface area (TPSA) is 30.8 Å². The molecule has 0 N–H and O–H groups in total. The second-order valence-corrected chi connectivity index (χ2v) is 6.43. The maximum atomic E-state index is 6.09. The first-order valence-electron chi connectivity index (χ1n) is 8.07. The van der Waals surface area contributed by atoms with Crippen LogP contribution >= 0.6 is 23.2 Å². The lowest BCUT2D eigenvalue weighted by Crippen LogP contribution is -1.95. The summed E-state index contributed by atoms with van der Waals surface area (Å²) in [5, 5.41) is 5.12. The third kappa shape index (κ3) is 5.51. The highest BCUT2D eigenvalue weighted by atomic mass is 35.5. The van der Waals surface area contributed by atoms with Gasteiger partial charge in [0.15, 0.2) is 0 Å². The number of rotatable bonds is 7. The fourth-order valence-corrected chi connectivity index (χ4v) is 2.70. The Kier molecular flexibility index (Phi) is 6.53. The van der Waals surface area contributed by atoms with E-state index in [1.165, 1.54) is 0 Å². The summed E-state index contributed by atoms with van der Waals surface area (Å²) in [4.78, 5) is 5.29. The molecule has 0 aliphatic carbocycles. The Morgan fingerprint density at radius 3 is 2.35 bits per heavy atom. The maximum Gasteiger partial charge on any atom is 0.143 e. The van der Waals surface area contributed by atoms with Crippen molar-refractivity contribution in [2.24, 2.45) is 5.16 Å². The van der Waals surface area contributed by atoms with Crippen LogP contribution in [0.3, 0.4) is 0 Å². The summed E-state index contributed by atoms with van der Waals surface area (Å²) in [5.41, 5.74) is 2.88. The minimum atomic E-state index is 0.283. The lowest BCUT2D eigenvalue weighted by Gasteiger charge is -2.06. The highest BCUT2D eigenvalue weighted by Crippen LogP contribution is 2.21. The standard InChI is InChI=1S/C21H17Cl2NO2/c22-19-9-8-18(21(23)12-19)15-26-24-13-16-6-10-20(11-7-16)25-14-17-4-2-1-3-5-17/h1-13H,14-15H2/b24-13-. The molecular formula is C21H17Cl2NO2. The van der Waals surface area contributed by atoms with E-state index in [2.05, 4.69) is 5.16 Å². The van der Waals surface area contributed by atoms with Gasteiger partial charge in [0.05, 0.1) is 6.21 Å². The monoisotopic (exact) mass is 385 g/mol. The van der Waals surface area contributed by atoms with Gasteiger partial charge in [-0.1, -0.05) is 64.8 Å². The molecule has 0 spiro atoms. The van der Waals surface area contributed by atoms with Crippen LogP contribution in [0.25, 0.3) is 0 Å². The number of oxime groups is 1. The molecule has 3 aromatic carbocycles. The van der Waals surface area contributed by atoms with Gasteiger partial charge in [0.25, 0.3) is 0 Å². The molecule has 0 radical (unpaired) electrons. The number of hydrogen-bond donors (Lipinski definition) is 0. The van der Waals surface area contributed by atoms with E-state index in [1.807, 2.05) is 60.7 Å². The van der Waals surface area contributed by atoms with Crippen molar-refractivity contribution in [1.29, 1.82) is 0 Å². The second-order valence-electron chi connectivity index (χ2n) is 5.59. The van der Waals surface area contributed by atoms with Gasteiger partial charge in [0.1, 0.15) is 19.0 Å². The largest absolute Gasteiger partial charge is 0.489 e. The molecule has 3 rings (SSSR count). The van der Waals surface area contributed by atoms with Crippen LogP contribution in [-0.2, 0) is 18.1 Å². The Morgan fingerprint density at radius 2 is 1.62 bits per heavy atom. The summed E-state index contributed by atoms with van der Waals surface area (Å²) in [6.45, 7) is 0.823. The smallest absolute Gasteiger partial charge is 0.143 e. The molecule has 0 aliphatic rings. The normalized spacial score (nSPS) is 10.8. The Morgan fingerprint density at radius 1 is 0.846 bits per heavy atom. The molecule has 0 fully saturated rings. The van der Waals surface area contributed by atoms with Crippen molar-refractivity contribution in [3.05, 3.63) is 99.5 Å². The molecule has 132 valence electrons. The lowest BCUT2D eigenvalue weighted by atomic mass is 10.2. The van der Waals surface area contributed by atoms with Crippen molar-refractivity contribution in [1.82, 2.24) is 0 Å². The molecule has 0 aromatic heterocycles. The first-order chi connectivity index (χ1) is 12.7. The zero-order chi connectivity index (χ0) is 18.2. The summed E-state index contributed by atoms with van der Waals surface area (Å²) in [7, 11) is 0. The molecular weight excluding hydrogens is 369 g/mol. The summed E-state index contributed by atoms with van der Waals surface area (Å²) < 4.78 is 5.75. The molecule has 3 nitrogen and oxygen atoms in total. The van der Waals surface area contributed by atoms with Gasteiger partial charge in [-0.05, 0) is 47.5 Å². The predicted octanol–water partition coefficient (Wildman–Crippen LogP) is 6.12. The van der Waals surface area contributed by atoms with E-state index in [9.17, 15) is 0 Å². The highest BCUT2D eigenvalue weighted by molar-refractivity contribution is 6.35. The van der Waals surface area contributed by atoms with Crippen molar-refractivity contribution < 1.29 is 9.57 Å². The molecule has 0 heterocycles. The molecule has 0 aliphatic heterocycles. The van der Waals surface area contributed by atoms with Crippen LogP contribution in [0, 0.1) is 0 Å². The Bertz CT molecular complexity index is 865. The van der Waals surface area contributed by atoms with Crippen molar-refractivity contribution >= 4 is 29.4 Å². The maximum absolute atomic E-state index is 6.09. The highest BCUT2D eigenvalue weighted by Gasteiger charge is 2.01. The molecule has 0 amide bonds. The summed E-state index contributed by atoms with van der Waals surface area (Å²) in [6.07, 6.45) is 1.64. The fourth-order valence-electron chi connectivity index (χ4n) is 2.23. The average molecular weight is 386 g/mol. The molecule has 0 bridgehead atoms. The van der Waals surface area contributed by atoms with Crippen LogP contribution in [0.2, 0.25) is 10.0 Å². The molecule has 0 saturated carbocycles. The zero-order valence-electron chi connectivity index (χ0n) is 13.9. The van der Waals surface area contributed by atoms with E-state index < -0.39 is 0 Å². The Balaban J connectivity index is 1.48. The number of benzene rings is 3. The van der Waals surface area contributed by atoms with E-state index >= 15 is 0 Å². The van der Waals surface area contributed by atoms with E-state index in [-0.39, 0.29) is 6.61 Å². The molecule has 5 heteroatoms. The van der Waals surface area contributed by atoms with Crippen LogP contribution in [0.15, 0.2) is 78.0 Å². The van der Waals surface area contributed by atoms with Crippen molar-refractivity contribution in [3.8, 4) is 5.75 Å². The van der Waals surface area contributed by atoms with Gasteiger partial charge in [-0.3, -0.25) is 0 Å². The number of nitrogens with zero attached hydrogens (tertiary/aromatic N) is 1. The average Bonchev–Trinajstić information content (AvgIpc) is 2.67. The number of halogens is 2. The van der Waals surface area contributed by atoms with Gasteiger partial charge in [-0.25, -0.2) is 0 Å². The quantitative estimate of drug-likeness (QED) is 0.362. The third-order valence-electron chi connectivity index (χ3n) is 3.64. The first kappa shape index (κ1) is 18.3. The van der Waals surface area contributed by atoms with Crippen LogP contribution in [0.4, 0.5) is 0 Å². The van der Waals surface area contributed by atoms with Crippen LogP contribution < -0.4 is 4.74 Å². The van der Waals surface area contributed by atoms with Gasteiger partial charge in [-0.15, -0.1) is 0 Å². The first-order valence-corrected chi connectivity index (χ1v) is 8.82. The lowest BCUT2D eigenvalue weighted by molar-refractivity contribution is 0.132. The molecule has 0 saturated heterocycles. The summed E-state index contributed by atoms with van der Waals surface area (Å²) in [6, 6.07) is 23.0. The van der Waals surface area contributed by atoms with Gasteiger partial charge in [-0.2, -0.15) is 0 Å². The summed E-state index contributed by atoms with van der Waals surface area (Å²) in [5.74, 6) is 0.805. The minimum absolute atomic E-state index is 0.283. The molecule has 3 aromatic rings. The van der Waals surface area contributed by atoms with E-state index in [0.29, 0.717) is 16.7 Å². The fraction of sp³-hybridized carbons (Fsp3) is 0.0952. The van der Waals surface area contributed by atoms with Gasteiger partial charge in [0.2, 0.25) is 0 Å². The minimum Gasteiger partial charge on any atom is -0.489 e. The number of ether oxygens (including phenoxy) is 1. The van der Waals surface area contributed by atoms with E-state index in [0.717, 1.165) is 22.4 Å². The molecule has 26 heavy (non-hydrogen) atoms. The third-order valence-corrected chi connectivity index (χ3v) is 4.23. The SMILES string of the molecule is Clc1ccc(CO/N=C\c2ccc(OCc3ccccc3)cc2)c(Cl)c1. The Labute approximate surface area is 162 Å². The van der Waals surface area contributed by atoms with Gasteiger partial charge >= 0.3 is 0 Å². The molecule has 0 atom stereocenters. The Hall–Kier alpha value is -2.49. The number of hydrogen-bond acceptors (Lipinski definition) is 3. The van der Waals surface area contributed by atoms with E-state index in [1.54, 1.807) is 18.3 Å². The van der Waals surface area contributed by atoms with Crippen molar-refractivity contribution in [3.63, 3.8) is 0 Å². The van der Waals surface area contributed by atoms with Crippen LogP contribution in [0.1, 0.15) is 16.7 Å². The van der Waals surface area contributed by atoms with E-state index in [4.69, 9.17) is 32.8 Å². The van der Waals surface area contributed by atoms with Crippen LogP contribution in [-0.4, -0.2) is 6.21 Å². The molecule has 0 unspecified atom stereocenters. The second kappa shape index (κ2) is 9.27. The summed E-state index contributed by atoms with van der Waals surface area (Å²) >= 11 is 11.9.